The third kappa shape index (κ3) is 5.36. The molecule has 0 saturated carbocycles. The molecule has 1 amide bonds. The molecule has 4 aromatic rings. The van der Waals surface area contributed by atoms with Gasteiger partial charge in [0.1, 0.15) is 18.0 Å². The maximum absolute atomic E-state index is 12.3. The van der Waals surface area contributed by atoms with Gasteiger partial charge >= 0.3 is 0 Å². The SMILES string of the molecule is Cc1ccn2c(=O)cc(COc3cccc(NC(=O)CCc4ccccc4)c3)nc2c1. The summed E-state index contributed by atoms with van der Waals surface area (Å²) in [7, 11) is 0. The van der Waals surface area contributed by atoms with E-state index in [9.17, 15) is 9.59 Å². The van der Waals surface area contributed by atoms with Crippen LogP contribution >= 0.6 is 0 Å². The highest BCUT2D eigenvalue weighted by Crippen LogP contribution is 2.19. The minimum absolute atomic E-state index is 0.0550. The molecule has 31 heavy (non-hydrogen) atoms. The molecule has 2 aromatic carbocycles. The van der Waals surface area contributed by atoms with Gasteiger partial charge in [0.2, 0.25) is 5.91 Å². The number of carbonyl (C=O) groups excluding carboxylic acids is 1. The molecule has 0 aliphatic heterocycles. The van der Waals surface area contributed by atoms with Gasteiger partial charge in [-0.2, -0.15) is 0 Å². The largest absolute Gasteiger partial charge is 0.487 e. The Hall–Kier alpha value is -3.93. The Labute approximate surface area is 180 Å². The number of aryl methyl sites for hydroxylation is 2. The number of fused-ring (bicyclic) bond motifs is 1. The number of nitrogens with one attached hydrogen (secondary N) is 1. The molecule has 0 aliphatic rings. The van der Waals surface area contributed by atoms with Crippen LogP contribution in [0.25, 0.3) is 5.65 Å². The summed E-state index contributed by atoms with van der Waals surface area (Å²) in [5, 5.41) is 2.90. The second-order valence-corrected chi connectivity index (χ2v) is 7.37. The van der Waals surface area contributed by atoms with Gasteiger partial charge in [-0.3, -0.25) is 14.0 Å². The van der Waals surface area contributed by atoms with Crippen molar-refractivity contribution in [1.82, 2.24) is 9.38 Å². The molecule has 4 rings (SSSR count). The molecule has 0 radical (unpaired) electrons. The summed E-state index contributed by atoms with van der Waals surface area (Å²) in [5.74, 6) is 0.535. The second-order valence-electron chi connectivity index (χ2n) is 7.37. The molecule has 0 unspecified atom stereocenters. The van der Waals surface area contributed by atoms with E-state index in [-0.39, 0.29) is 18.1 Å². The van der Waals surface area contributed by atoms with E-state index in [1.165, 1.54) is 10.5 Å². The first kappa shape index (κ1) is 20.3. The molecule has 0 saturated heterocycles. The van der Waals surface area contributed by atoms with Crippen molar-refractivity contribution in [2.24, 2.45) is 0 Å². The summed E-state index contributed by atoms with van der Waals surface area (Å²) in [6.07, 6.45) is 2.81. The van der Waals surface area contributed by atoms with E-state index in [4.69, 9.17) is 4.74 Å². The van der Waals surface area contributed by atoms with E-state index < -0.39 is 0 Å². The fourth-order valence-electron chi connectivity index (χ4n) is 3.27. The van der Waals surface area contributed by atoms with Crippen LogP contribution in [0.3, 0.4) is 0 Å². The van der Waals surface area contributed by atoms with E-state index >= 15 is 0 Å². The Bertz CT molecular complexity index is 1270. The van der Waals surface area contributed by atoms with Gasteiger partial charge in [0.05, 0.1) is 5.69 Å². The fraction of sp³-hybridized carbons (Fsp3) is 0.160. The summed E-state index contributed by atoms with van der Waals surface area (Å²) >= 11 is 0. The van der Waals surface area contributed by atoms with Gasteiger partial charge in [0, 0.05) is 30.4 Å². The van der Waals surface area contributed by atoms with Crippen molar-refractivity contribution in [1.29, 1.82) is 0 Å². The van der Waals surface area contributed by atoms with Gasteiger partial charge in [-0.25, -0.2) is 4.98 Å². The monoisotopic (exact) mass is 413 g/mol. The lowest BCUT2D eigenvalue weighted by molar-refractivity contribution is -0.116. The number of hydrogen-bond acceptors (Lipinski definition) is 4. The Morgan fingerprint density at radius 1 is 1.03 bits per heavy atom. The summed E-state index contributed by atoms with van der Waals surface area (Å²) in [6.45, 7) is 2.11. The van der Waals surface area contributed by atoms with Crippen molar-refractivity contribution in [3.05, 3.63) is 106 Å². The van der Waals surface area contributed by atoms with Crippen LogP contribution in [0.15, 0.2) is 83.8 Å². The van der Waals surface area contributed by atoms with Crippen molar-refractivity contribution < 1.29 is 9.53 Å². The summed E-state index contributed by atoms with van der Waals surface area (Å²) < 4.78 is 7.32. The molecule has 0 aliphatic carbocycles. The van der Waals surface area contributed by atoms with Gasteiger partial charge in [0.15, 0.2) is 0 Å². The first-order chi connectivity index (χ1) is 15.1. The predicted molar refractivity (Wildman–Crippen MR) is 120 cm³/mol. The molecule has 1 N–H and O–H groups in total. The highest BCUT2D eigenvalue weighted by molar-refractivity contribution is 5.91. The predicted octanol–water partition coefficient (Wildman–Crippen LogP) is 4.15. The molecular weight excluding hydrogens is 390 g/mol. The lowest BCUT2D eigenvalue weighted by Crippen LogP contribution is -2.16. The van der Waals surface area contributed by atoms with E-state index in [1.54, 1.807) is 18.3 Å². The molecule has 0 fully saturated rings. The second kappa shape index (κ2) is 9.26. The van der Waals surface area contributed by atoms with Crippen molar-refractivity contribution in [2.45, 2.75) is 26.4 Å². The van der Waals surface area contributed by atoms with Gasteiger partial charge in [-0.05, 0) is 48.7 Å². The Balaban J connectivity index is 1.38. The number of amides is 1. The molecule has 0 spiro atoms. The standard InChI is InChI=1S/C25H23N3O3/c1-18-12-13-28-23(14-18)26-21(16-25(28)30)17-31-22-9-5-8-20(15-22)27-24(29)11-10-19-6-3-2-4-7-19/h2-9,12-16H,10-11,17H2,1H3,(H,27,29). The van der Waals surface area contributed by atoms with E-state index in [1.807, 2.05) is 61.5 Å². The van der Waals surface area contributed by atoms with Crippen LogP contribution in [-0.2, 0) is 17.8 Å². The molecule has 2 heterocycles. The van der Waals surface area contributed by atoms with E-state index in [0.29, 0.717) is 35.6 Å². The molecule has 0 bridgehead atoms. The number of hydrogen-bond donors (Lipinski definition) is 1. The zero-order valence-electron chi connectivity index (χ0n) is 17.2. The maximum Gasteiger partial charge on any atom is 0.258 e. The van der Waals surface area contributed by atoms with Crippen LogP contribution in [0.4, 0.5) is 5.69 Å². The number of pyridine rings is 1. The van der Waals surface area contributed by atoms with Crippen LogP contribution in [0.1, 0.15) is 23.2 Å². The van der Waals surface area contributed by atoms with Crippen LogP contribution in [-0.4, -0.2) is 15.3 Å². The number of nitrogens with zero attached hydrogens (tertiary/aromatic N) is 2. The minimum atomic E-state index is -0.150. The van der Waals surface area contributed by atoms with Gasteiger partial charge in [-0.15, -0.1) is 0 Å². The van der Waals surface area contributed by atoms with Crippen molar-refractivity contribution in [3.8, 4) is 5.75 Å². The lowest BCUT2D eigenvalue weighted by Gasteiger charge is -2.10. The van der Waals surface area contributed by atoms with Gasteiger partial charge in [-0.1, -0.05) is 36.4 Å². The normalized spacial score (nSPS) is 10.7. The van der Waals surface area contributed by atoms with E-state index in [0.717, 1.165) is 11.1 Å². The topological polar surface area (TPSA) is 72.7 Å². The van der Waals surface area contributed by atoms with Gasteiger partial charge in [0.25, 0.3) is 5.56 Å². The highest BCUT2D eigenvalue weighted by Gasteiger charge is 2.06. The molecule has 0 atom stereocenters. The third-order valence-electron chi connectivity index (χ3n) is 4.86. The quantitative estimate of drug-likeness (QED) is 0.494. The maximum atomic E-state index is 12.3. The number of rotatable bonds is 7. The molecule has 6 nitrogen and oxygen atoms in total. The van der Waals surface area contributed by atoms with E-state index in [2.05, 4.69) is 10.3 Å². The summed E-state index contributed by atoms with van der Waals surface area (Å²) in [4.78, 5) is 29.1. The Morgan fingerprint density at radius 3 is 2.71 bits per heavy atom. The Morgan fingerprint density at radius 2 is 1.87 bits per heavy atom. The minimum Gasteiger partial charge on any atom is -0.487 e. The van der Waals surface area contributed by atoms with Crippen LogP contribution in [0, 0.1) is 6.92 Å². The zero-order chi connectivity index (χ0) is 21.6. The number of carbonyl (C=O) groups is 1. The number of anilines is 1. The van der Waals surface area contributed by atoms with Crippen LogP contribution in [0.5, 0.6) is 5.75 Å². The lowest BCUT2D eigenvalue weighted by atomic mass is 10.1. The number of aromatic nitrogens is 2. The summed E-state index contributed by atoms with van der Waals surface area (Å²) in [5.41, 5.74) is 3.81. The van der Waals surface area contributed by atoms with Crippen LogP contribution in [0.2, 0.25) is 0 Å². The summed E-state index contributed by atoms with van der Waals surface area (Å²) in [6, 6.07) is 22.3. The Kier molecular flexibility index (Phi) is 6.08. The fourth-order valence-corrected chi connectivity index (χ4v) is 3.27. The van der Waals surface area contributed by atoms with Crippen LogP contribution < -0.4 is 15.6 Å². The average Bonchev–Trinajstić information content (AvgIpc) is 2.77. The van der Waals surface area contributed by atoms with Gasteiger partial charge < -0.3 is 10.1 Å². The van der Waals surface area contributed by atoms with Crippen molar-refractivity contribution >= 4 is 17.2 Å². The molecular formula is C25H23N3O3. The zero-order valence-corrected chi connectivity index (χ0v) is 17.2. The molecule has 2 aromatic heterocycles. The van der Waals surface area contributed by atoms with Crippen molar-refractivity contribution in [3.63, 3.8) is 0 Å². The highest BCUT2D eigenvalue weighted by atomic mass is 16.5. The number of ether oxygens (including phenoxy) is 1. The third-order valence-corrected chi connectivity index (χ3v) is 4.86. The first-order valence-corrected chi connectivity index (χ1v) is 10.1. The average molecular weight is 413 g/mol. The van der Waals surface area contributed by atoms with Crippen molar-refractivity contribution in [2.75, 3.05) is 5.32 Å². The molecule has 6 heteroatoms. The molecule has 156 valence electrons. The number of benzene rings is 2. The first-order valence-electron chi connectivity index (χ1n) is 10.1. The smallest absolute Gasteiger partial charge is 0.258 e.